The van der Waals surface area contributed by atoms with Crippen LogP contribution in [0.25, 0.3) is 11.1 Å². The van der Waals surface area contributed by atoms with Crippen molar-refractivity contribution in [1.29, 1.82) is 0 Å². The van der Waals surface area contributed by atoms with E-state index in [4.69, 9.17) is 0 Å². The van der Waals surface area contributed by atoms with Crippen LogP contribution in [0.2, 0.25) is 0 Å². The Morgan fingerprint density at radius 1 is 1.11 bits per heavy atom. The number of carboxylic acids is 1. The molecular formula is C21H16FN3O2. The van der Waals surface area contributed by atoms with Crippen LogP contribution in [0.4, 0.5) is 16.0 Å². The highest BCUT2D eigenvalue weighted by molar-refractivity contribution is 5.90. The van der Waals surface area contributed by atoms with Crippen LogP contribution in [0.5, 0.6) is 0 Å². The molecule has 1 aliphatic heterocycles. The summed E-state index contributed by atoms with van der Waals surface area (Å²) in [5.41, 5.74) is 3.41. The van der Waals surface area contributed by atoms with E-state index in [1.165, 1.54) is 6.07 Å². The van der Waals surface area contributed by atoms with Gasteiger partial charge in [-0.05, 0) is 36.6 Å². The van der Waals surface area contributed by atoms with Crippen LogP contribution in [-0.2, 0) is 5.41 Å². The number of nitrogens with zero attached hydrogens (tertiary/aromatic N) is 3. The molecule has 1 N–H and O–H groups in total. The molecule has 2 heterocycles. The minimum atomic E-state index is -0.953. The minimum absolute atomic E-state index is 0.0833. The van der Waals surface area contributed by atoms with E-state index in [0.717, 1.165) is 30.6 Å². The van der Waals surface area contributed by atoms with E-state index in [1.54, 1.807) is 42.7 Å². The van der Waals surface area contributed by atoms with Gasteiger partial charge < -0.3 is 10.0 Å². The molecule has 2 aliphatic rings. The number of fused-ring (bicyclic) bond motifs is 2. The van der Waals surface area contributed by atoms with Gasteiger partial charge in [0, 0.05) is 41.2 Å². The molecule has 3 aromatic rings. The summed E-state index contributed by atoms with van der Waals surface area (Å²) >= 11 is 0. The first kappa shape index (κ1) is 15.9. The molecule has 0 radical (unpaired) electrons. The fourth-order valence-electron chi connectivity index (χ4n) is 3.86. The van der Waals surface area contributed by atoms with E-state index in [9.17, 15) is 14.3 Å². The van der Waals surface area contributed by atoms with Gasteiger partial charge in [0.05, 0.1) is 5.56 Å². The van der Waals surface area contributed by atoms with Crippen molar-refractivity contribution in [3.8, 4) is 11.1 Å². The van der Waals surface area contributed by atoms with Crippen molar-refractivity contribution in [2.24, 2.45) is 0 Å². The molecule has 1 saturated carbocycles. The minimum Gasteiger partial charge on any atom is -0.478 e. The van der Waals surface area contributed by atoms with Crippen LogP contribution in [0.1, 0.15) is 28.8 Å². The topological polar surface area (TPSA) is 66.3 Å². The van der Waals surface area contributed by atoms with E-state index in [2.05, 4.69) is 9.97 Å². The van der Waals surface area contributed by atoms with Crippen molar-refractivity contribution in [2.45, 2.75) is 18.3 Å². The smallest absolute Gasteiger partial charge is 0.335 e. The third kappa shape index (κ3) is 2.48. The van der Waals surface area contributed by atoms with E-state index in [-0.39, 0.29) is 16.8 Å². The summed E-state index contributed by atoms with van der Waals surface area (Å²) in [4.78, 5) is 22.2. The number of hydrogen-bond donors (Lipinski definition) is 1. The van der Waals surface area contributed by atoms with Crippen molar-refractivity contribution in [2.75, 3.05) is 11.4 Å². The zero-order chi connectivity index (χ0) is 18.6. The van der Waals surface area contributed by atoms with Crippen molar-refractivity contribution < 1.29 is 14.3 Å². The molecule has 1 aliphatic carbocycles. The maximum atomic E-state index is 14.0. The first-order valence-electron chi connectivity index (χ1n) is 8.80. The first-order valence-corrected chi connectivity index (χ1v) is 8.80. The third-order valence-electron chi connectivity index (χ3n) is 5.49. The number of halogens is 1. The van der Waals surface area contributed by atoms with Crippen molar-refractivity contribution in [1.82, 2.24) is 9.97 Å². The van der Waals surface area contributed by atoms with E-state index < -0.39 is 5.97 Å². The molecule has 5 rings (SSSR count). The van der Waals surface area contributed by atoms with Gasteiger partial charge in [-0.25, -0.2) is 19.2 Å². The summed E-state index contributed by atoms with van der Waals surface area (Å²) in [6.07, 6.45) is 5.38. The summed E-state index contributed by atoms with van der Waals surface area (Å²) < 4.78 is 14.0. The lowest BCUT2D eigenvalue weighted by Gasteiger charge is -2.18. The molecule has 5 nitrogen and oxygen atoms in total. The summed E-state index contributed by atoms with van der Waals surface area (Å²) in [7, 11) is 0. The predicted octanol–water partition coefficient (Wildman–Crippen LogP) is 4.16. The Morgan fingerprint density at radius 3 is 2.52 bits per heavy atom. The van der Waals surface area contributed by atoms with Gasteiger partial charge in [-0.2, -0.15) is 0 Å². The van der Waals surface area contributed by atoms with Crippen molar-refractivity contribution >= 4 is 17.6 Å². The van der Waals surface area contributed by atoms with Crippen LogP contribution >= 0.6 is 0 Å². The highest BCUT2D eigenvalue weighted by atomic mass is 19.1. The maximum Gasteiger partial charge on any atom is 0.335 e. The number of aromatic nitrogens is 2. The van der Waals surface area contributed by atoms with Gasteiger partial charge in [-0.15, -0.1) is 0 Å². The SMILES string of the molecule is O=C(O)c1ccc2c(c1)N(c1ncc(-c3ccccc3F)cn1)CC21CC1. The Morgan fingerprint density at radius 2 is 1.85 bits per heavy atom. The number of carboxylic acid groups (broad SMARTS) is 1. The van der Waals surface area contributed by atoms with Crippen LogP contribution in [0, 0.1) is 5.82 Å². The fraction of sp³-hybridized carbons (Fsp3) is 0.190. The molecule has 6 heteroatoms. The second-order valence-electron chi connectivity index (χ2n) is 7.16. The van der Waals surface area contributed by atoms with E-state index in [1.807, 2.05) is 11.0 Å². The second-order valence-corrected chi connectivity index (χ2v) is 7.16. The molecular weight excluding hydrogens is 345 g/mol. The normalized spacial score (nSPS) is 16.4. The second kappa shape index (κ2) is 5.61. The Bertz CT molecular complexity index is 1060. The quantitative estimate of drug-likeness (QED) is 0.759. The summed E-state index contributed by atoms with van der Waals surface area (Å²) in [6.45, 7) is 0.741. The lowest BCUT2D eigenvalue weighted by molar-refractivity contribution is 0.0697. The maximum absolute atomic E-state index is 14.0. The Balaban J connectivity index is 1.54. The molecule has 0 bridgehead atoms. The standard InChI is InChI=1S/C21H16FN3O2/c22-17-4-2-1-3-15(17)14-10-23-20(24-11-14)25-12-21(7-8-21)16-6-5-13(19(26)27)9-18(16)25/h1-6,9-11H,7-8,12H2,(H,26,27). The van der Waals surface area contributed by atoms with Gasteiger partial charge in [-0.3, -0.25) is 0 Å². The Kier molecular flexibility index (Phi) is 3.31. The molecule has 0 saturated heterocycles. The van der Waals surface area contributed by atoms with Crippen LogP contribution in [-0.4, -0.2) is 27.6 Å². The molecule has 0 amide bonds. The van der Waals surface area contributed by atoms with Crippen LogP contribution < -0.4 is 4.90 Å². The van der Waals surface area contributed by atoms with Crippen molar-refractivity contribution in [3.05, 3.63) is 71.8 Å². The molecule has 2 aromatic carbocycles. The average molecular weight is 361 g/mol. The number of carbonyl (C=O) groups is 1. The molecule has 1 fully saturated rings. The number of rotatable bonds is 3. The van der Waals surface area contributed by atoms with Gasteiger partial charge >= 0.3 is 5.97 Å². The lowest BCUT2D eigenvalue weighted by Crippen LogP contribution is -2.21. The molecule has 0 unspecified atom stereocenters. The zero-order valence-electron chi connectivity index (χ0n) is 14.4. The highest BCUT2D eigenvalue weighted by Gasteiger charge is 2.52. The largest absolute Gasteiger partial charge is 0.478 e. The predicted molar refractivity (Wildman–Crippen MR) is 98.7 cm³/mol. The van der Waals surface area contributed by atoms with E-state index in [0.29, 0.717) is 17.1 Å². The summed E-state index contributed by atoms with van der Waals surface area (Å²) in [5.74, 6) is -0.767. The Hall–Kier alpha value is -3.28. The monoisotopic (exact) mass is 361 g/mol. The fourth-order valence-corrected chi connectivity index (χ4v) is 3.86. The lowest BCUT2D eigenvalue weighted by atomic mass is 9.97. The van der Waals surface area contributed by atoms with Gasteiger partial charge in [0.2, 0.25) is 5.95 Å². The highest BCUT2D eigenvalue weighted by Crippen LogP contribution is 2.57. The zero-order valence-corrected chi connectivity index (χ0v) is 14.4. The number of aromatic carboxylic acids is 1. The molecule has 0 atom stereocenters. The van der Waals surface area contributed by atoms with Crippen LogP contribution in [0.15, 0.2) is 54.9 Å². The van der Waals surface area contributed by atoms with E-state index >= 15 is 0 Å². The molecule has 134 valence electrons. The van der Waals surface area contributed by atoms with Gasteiger partial charge in [0.1, 0.15) is 5.82 Å². The van der Waals surface area contributed by atoms with Crippen molar-refractivity contribution in [3.63, 3.8) is 0 Å². The number of benzene rings is 2. The Labute approximate surface area is 155 Å². The van der Waals surface area contributed by atoms with Gasteiger partial charge in [0.25, 0.3) is 0 Å². The molecule has 27 heavy (non-hydrogen) atoms. The number of hydrogen-bond acceptors (Lipinski definition) is 4. The molecule has 1 spiro atoms. The average Bonchev–Trinajstić information content (AvgIpc) is 3.39. The van der Waals surface area contributed by atoms with Gasteiger partial charge in [-0.1, -0.05) is 24.3 Å². The van der Waals surface area contributed by atoms with Crippen LogP contribution in [0.3, 0.4) is 0 Å². The summed E-state index contributed by atoms with van der Waals surface area (Å²) in [5, 5.41) is 9.32. The number of anilines is 2. The molecule has 1 aromatic heterocycles. The third-order valence-corrected chi connectivity index (χ3v) is 5.49. The first-order chi connectivity index (χ1) is 13.1. The van der Waals surface area contributed by atoms with Gasteiger partial charge in [0.15, 0.2) is 0 Å². The summed E-state index contributed by atoms with van der Waals surface area (Å²) in [6, 6.07) is 11.8.